The first-order chi connectivity index (χ1) is 15.7. The number of hydrogen-bond acceptors (Lipinski definition) is 3. The molecule has 3 rings (SSSR count). The molecule has 0 amide bonds. The molecule has 0 bridgehead atoms. The van der Waals surface area contributed by atoms with Crippen molar-refractivity contribution in [2.75, 3.05) is 6.61 Å². The summed E-state index contributed by atoms with van der Waals surface area (Å²) in [6.45, 7) is 7.23. The molecule has 1 unspecified atom stereocenters. The molecule has 1 N–H and O–H groups in total. The lowest BCUT2D eigenvalue weighted by Gasteiger charge is -2.13. The topological polar surface area (TPSA) is 38.5 Å². The molecule has 0 aromatic carbocycles. The summed E-state index contributed by atoms with van der Waals surface area (Å²) in [5, 5.41) is 3.62. The van der Waals surface area contributed by atoms with E-state index in [0.717, 1.165) is 29.9 Å². The van der Waals surface area contributed by atoms with E-state index in [2.05, 4.69) is 68.2 Å². The highest BCUT2D eigenvalue weighted by atomic mass is 16.5. The number of allylic oxidation sites excluding steroid dienone is 2. The summed E-state index contributed by atoms with van der Waals surface area (Å²) in [4.78, 5) is 5.02. The van der Waals surface area contributed by atoms with E-state index in [4.69, 9.17) is 9.73 Å². The molecule has 0 aliphatic carbocycles. The predicted octanol–water partition coefficient (Wildman–Crippen LogP) is 7.30. The molecule has 1 atom stereocenters. The van der Waals surface area contributed by atoms with E-state index >= 15 is 0 Å². The average molecular weight is 438 g/mol. The minimum Gasteiger partial charge on any atom is -0.368 e. The van der Waals surface area contributed by atoms with Gasteiger partial charge in [-0.25, -0.2) is 0 Å². The van der Waals surface area contributed by atoms with Crippen LogP contribution < -0.4 is 5.32 Å². The molecule has 4 heteroatoms. The molecule has 4 nitrogen and oxygen atoms in total. The minimum atomic E-state index is -0.0648. The van der Waals surface area contributed by atoms with Crippen molar-refractivity contribution in [3.63, 3.8) is 0 Å². The predicted molar refractivity (Wildman–Crippen MR) is 137 cm³/mol. The van der Waals surface area contributed by atoms with Crippen molar-refractivity contribution in [1.29, 1.82) is 0 Å². The Morgan fingerprint density at radius 3 is 2.34 bits per heavy atom. The van der Waals surface area contributed by atoms with Gasteiger partial charge in [0.25, 0.3) is 0 Å². The maximum atomic E-state index is 6.06. The summed E-state index contributed by atoms with van der Waals surface area (Å²) in [7, 11) is 2.07. The van der Waals surface area contributed by atoms with Crippen molar-refractivity contribution in [3.8, 4) is 0 Å². The molecule has 0 fully saturated rings. The normalized spacial score (nSPS) is 20.4. The van der Waals surface area contributed by atoms with Crippen molar-refractivity contribution in [2.24, 2.45) is 12.0 Å². The third-order valence-electron chi connectivity index (χ3n) is 6.54. The van der Waals surface area contributed by atoms with Crippen LogP contribution in [0.4, 0.5) is 0 Å². The summed E-state index contributed by atoms with van der Waals surface area (Å²) in [5.74, 6) is 0. The molecule has 3 heterocycles. The quantitative estimate of drug-likeness (QED) is 0.310. The summed E-state index contributed by atoms with van der Waals surface area (Å²) in [6.07, 6.45) is 20.9. The van der Waals surface area contributed by atoms with E-state index in [9.17, 15) is 0 Å². The van der Waals surface area contributed by atoms with E-state index in [1.54, 1.807) is 0 Å². The molecular weight excluding hydrogens is 394 g/mol. The lowest BCUT2D eigenvalue weighted by Crippen LogP contribution is -2.18. The Bertz CT molecular complexity index is 856. The Kier molecular flexibility index (Phi) is 9.86. The molecule has 0 radical (unpaired) electrons. The third-order valence-corrected chi connectivity index (χ3v) is 6.54. The number of aliphatic imine (C=N–C) groups is 1. The fourth-order valence-corrected chi connectivity index (χ4v) is 4.69. The molecule has 32 heavy (non-hydrogen) atoms. The summed E-state index contributed by atoms with van der Waals surface area (Å²) in [6, 6.07) is 4.21. The first kappa shape index (κ1) is 24.6. The minimum absolute atomic E-state index is 0.0648. The van der Waals surface area contributed by atoms with Gasteiger partial charge in [-0.1, -0.05) is 65.2 Å². The highest BCUT2D eigenvalue weighted by molar-refractivity contribution is 6.03. The van der Waals surface area contributed by atoms with Gasteiger partial charge in [-0.05, 0) is 56.0 Å². The second-order valence-electron chi connectivity index (χ2n) is 9.04. The van der Waals surface area contributed by atoms with E-state index in [0.29, 0.717) is 6.61 Å². The molecule has 1 aromatic rings. The first-order valence-corrected chi connectivity index (χ1v) is 12.9. The van der Waals surface area contributed by atoms with Gasteiger partial charge in [0.1, 0.15) is 6.10 Å². The number of ether oxygens (including phenoxy) is 1. The standard InChI is InChI=1S/C28H43N3O/c1-5-8-9-10-11-12-13-14-15-17-22-20-25(29-23(22)6-2)28-27(32-7-3)21-24(30-28)26-18-16-19-31(26)4/h16,18-21,27,30H,5-15,17H2,1-4H3. The van der Waals surface area contributed by atoms with Crippen molar-refractivity contribution in [2.45, 2.75) is 97.5 Å². The van der Waals surface area contributed by atoms with Crippen LogP contribution in [-0.2, 0) is 11.8 Å². The number of unbranched alkanes of at least 4 members (excludes halogenated alkanes) is 8. The Labute approximate surface area is 195 Å². The Balaban J connectivity index is 1.58. The van der Waals surface area contributed by atoms with Gasteiger partial charge in [0.2, 0.25) is 0 Å². The second-order valence-corrected chi connectivity index (χ2v) is 9.04. The van der Waals surface area contributed by atoms with Crippen LogP contribution >= 0.6 is 0 Å². The van der Waals surface area contributed by atoms with Crippen LogP contribution in [0.1, 0.15) is 97.1 Å². The van der Waals surface area contributed by atoms with Crippen LogP contribution in [0.5, 0.6) is 0 Å². The summed E-state index contributed by atoms with van der Waals surface area (Å²) in [5.41, 5.74) is 7.07. The highest BCUT2D eigenvalue weighted by Gasteiger charge is 2.28. The van der Waals surface area contributed by atoms with Crippen molar-refractivity contribution < 1.29 is 4.74 Å². The number of nitrogens with zero attached hydrogens (tertiary/aromatic N) is 2. The van der Waals surface area contributed by atoms with Gasteiger partial charge in [-0.2, -0.15) is 0 Å². The van der Waals surface area contributed by atoms with Gasteiger partial charge in [-0.3, -0.25) is 4.99 Å². The summed E-state index contributed by atoms with van der Waals surface area (Å²) >= 11 is 0. The maximum Gasteiger partial charge on any atom is 0.120 e. The average Bonchev–Trinajstić information content (AvgIpc) is 3.50. The maximum absolute atomic E-state index is 6.06. The zero-order chi connectivity index (χ0) is 22.8. The van der Waals surface area contributed by atoms with Crippen LogP contribution in [0.15, 0.2) is 52.4 Å². The zero-order valence-corrected chi connectivity index (χ0v) is 20.8. The van der Waals surface area contributed by atoms with Gasteiger partial charge in [0, 0.05) is 25.6 Å². The SMILES string of the molecule is CCCCCCCCCCCC1=CC(=C2NC(c3cccn3C)=CC2OCC)N=C1CC. The molecule has 0 saturated carbocycles. The molecule has 0 saturated heterocycles. The van der Waals surface area contributed by atoms with Gasteiger partial charge in [0.15, 0.2) is 0 Å². The summed E-state index contributed by atoms with van der Waals surface area (Å²) < 4.78 is 8.19. The molecule has 2 aliphatic heterocycles. The van der Waals surface area contributed by atoms with Crippen LogP contribution in [0, 0.1) is 0 Å². The second kappa shape index (κ2) is 12.8. The number of hydrogen-bond donors (Lipinski definition) is 1. The van der Waals surface area contributed by atoms with E-state index in [1.165, 1.54) is 74.8 Å². The number of aromatic nitrogens is 1. The van der Waals surface area contributed by atoms with Crippen LogP contribution in [-0.4, -0.2) is 23.0 Å². The lowest BCUT2D eigenvalue weighted by atomic mass is 10.0. The van der Waals surface area contributed by atoms with E-state index in [-0.39, 0.29) is 6.10 Å². The van der Waals surface area contributed by atoms with Gasteiger partial charge in [-0.15, -0.1) is 0 Å². The largest absolute Gasteiger partial charge is 0.368 e. The fourth-order valence-electron chi connectivity index (χ4n) is 4.69. The molecule has 0 spiro atoms. The lowest BCUT2D eigenvalue weighted by molar-refractivity contribution is 0.121. The Morgan fingerprint density at radius 2 is 1.72 bits per heavy atom. The van der Waals surface area contributed by atoms with Crippen LogP contribution in [0.2, 0.25) is 0 Å². The van der Waals surface area contributed by atoms with Gasteiger partial charge in [0.05, 0.1) is 22.8 Å². The zero-order valence-electron chi connectivity index (χ0n) is 20.8. The fraction of sp³-hybridized carbons (Fsp3) is 0.607. The number of aryl methyl sites for hydroxylation is 1. The van der Waals surface area contributed by atoms with Gasteiger partial charge >= 0.3 is 0 Å². The van der Waals surface area contributed by atoms with Crippen molar-refractivity contribution in [1.82, 2.24) is 9.88 Å². The van der Waals surface area contributed by atoms with Crippen molar-refractivity contribution in [3.05, 3.63) is 53.1 Å². The smallest absolute Gasteiger partial charge is 0.120 e. The Morgan fingerprint density at radius 1 is 1.00 bits per heavy atom. The Hall–Kier alpha value is -2.07. The molecule has 2 aliphatic rings. The van der Waals surface area contributed by atoms with Gasteiger partial charge < -0.3 is 14.6 Å². The van der Waals surface area contributed by atoms with E-state index in [1.807, 2.05) is 0 Å². The van der Waals surface area contributed by atoms with E-state index < -0.39 is 0 Å². The van der Waals surface area contributed by atoms with Crippen molar-refractivity contribution >= 4 is 11.4 Å². The molecule has 176 valence electrons. The molecular formula is C28H43N3O. The molecule has 1 aromatic heterocycles. The highest BCUT2D eigenvalue weighted by Crippen LogP contribution is 2.32. The monoisotopic (exact) mass is 437 g/mol. The first-order valence-electron chi connectivity index (χ1n) is 12.9. The third kappa shape index (κ3) is 6.48. The number of rotatable bonds is 14. The van der Waals surface area contributed by atoms with Crippen LogP contribution in [0.25, 0.3) is 5.70 Å². The number of nitrogens with one attached hydrogen (secondary N) is 1. The van der Waals surface area contributed by atoms with Crippen LogP contribution in [0.3, 0.4) is 0 Å².